The van der Waals surface area contributed by atoms with Crippen LogP contribution in [-0.4, -0.2) is 42.2 Å². The maximum absolute atomic E-state index is 11.2. The van der Waals surface area contributed by atoms with Gasteiger partial charge in [-0.05, 0) is 74.2 Å². The highest BCUT2D eigenvalue weighted by Crippen LogP contribution is 2.41. The van der Waals surface area contributed by atoms with Crippen molar-refractivity contribution in [2.24, 2.45) is 5.92 Å². The minimum Gasteiger partial charge on any atom is -0.481 e. The number of likely N-dealkylation sites (tertiary alicyclic amines) is 1. The molecule has 2 fully saturated rings. The molecule has 2 aliphatic rings. The molecule has 2 heterocycles. The third kappa shape index (κ3) is 4.32. The Morgan fingerprint density at radius 2 is 1.63 bits per heavy atom. The summed E-state index contributed by atoms with van der Waals surface area (Å²) in [6.45, 7) is 8.79. The molecule has 160 valence electrons. The number of aryl methyl sites for hydroxylation is 2. The highest BCUT2D eigenvalue weighted by molar-refractivity contribution is 6.36. The lowest BCUT2D eigenvalue weighted by Gasteiger charge is -2.43. The molecule has 1 N–H and O–H groups in total. The molecule has 6 heteroatoms. The Balaban J connectivity index is 1.41. The average Bonchev–Trinajstić information content (AvgIpc) is 2.65. The molecule has 0 aliphatic carbocycles. The molecular formula is C24H28Cl2N2O2. The molecule has 4 rings (SSSR count). The minimum atomic E-state index is -0.656. The quantitative estimate of drug-likeness (QED) is 0.657. The van der Waals surface area contributed by atoms with Crippen LogP contribution >= 0.6 is 23.2 Å². The molecule has 2 aromatic carbocycles. The maximum Gasteiger partial charge on any atom is 0.306 e. The fraction of sp³-hybridized carbons (Fsp3) is 0.458. The molecule has 2 saturated heterocycles. The molecule has 0 unspecified atom stereocenters. The molecule has 0 amide bonds. The van der Waals surface area contributed by atoms with Crippen molar-refractivity contribution in [2.75, 3.05) is 31.1 Å². The summed E-state index contributed by atoms with van der Waals surface area (Å²) in [5.74, 6) is -0.477. The Morgan fingerprint density at radius 3 is 2.17 bits per heavy atom. The fourth-order valence-electron chi connectivity index (χ4n) is 4.98. The third-order valence-electron chi connectivity index (χ3n) is 6.50. The summed E-state index contributed by atoms with van der Waals surface area (Å²) in [6, 6.07) is 10.3. The van der Waals surface area contributed by atoms with Crippen molar-refractivity contribution in [1.82, 2.24) is 4.90 Å². The summed E-state index contributed by atoms with van der Waals surface area (Å²) in [5, 5.41) is 10.7. The lowest BCUT2D eigenvalue weighted by molar-refractivity contribution is -0.143. The Hall–Kier alpha value is -1.75. The molecule has 0 aromatic heterocycles. The number of carbonyl (C=O) groups is 1. The topological polar surface area (TPSA) is 43.8 Å². The van der Waals surface area contributed by atoms with E-state index >= 15 is 0 Å². The molecule has 0 spiro atoms. The number of piperidine rings is 1. The van der Waals surface area contributed by atoms with Crippen LogP contribution in [-0.2, 0) is 11.3 Å². The van der Waals surface area contributed by atoms with Gasteiger partial charge in [-0.15, -0.1) is 0 Å². The SMILES string of the molecule is Cc1cc(CN2CCC(C(=O)O)CC2)cc(C)c1N1CC(c2c(Cl)cccc2Cl)C1. The Kier molecular flexibility index (Phi) is 6.29. The van der Waals surface area contributed by atoms with Gasteiger partial charge in [0.05, 0.1) is 5.92 Å². The van der Waals surface area contributed by atoms with E-state index in [1.165, 1.54) is 22.4 Å². The number of anilines is 1. The van der Waals surface area contributed by atoms with Crippen LogP contribution in [0.5, 0.6) is 0 Å². The fourth-order valence-corrected chi connectivity index (χ4v) is 5.68. The second-order valence-electron chi connectivity index (χ2n) is 8.70. The number of hydrogen-bond donors (Lipinski definition) is 1. The molecule has 0 radical (unpaired) electrons. The lowest BCUT2D eigenvalue weighted by Crippen LogP contribution is -2.46. The van der Waals surface area contributed by atoms with E-state index < -0.39 is 5.97 Å². The van der Waals surface area contributed by atoms with Crippen LogP contribution in [0, 0.1) is 19.8 Å². The van der Waals surface area contributed by atoms with Crippen LogP contribution in [0.3, 0.4) is 0 Å². The van der Waals surface area contributed by atoms with Crippen molar-refractivity contribution < 1.29 is 9.90 Å². The zero-order chi connectivity index (χ0) is 21.4. The molecule has 0 bridgehead atoms. The third-order valence-corrected chi connectivity index (χ3v) is 7.16. The number of carboxylic acids is 1. The molecule has 0 atom stereocenters. The van der Waals surface area contributed by atoms with E-state index in [4.69, 9.17) is 23.2 Å². The second kappa shape index (κ2) is 8.78. The largest absolute Gasteiger partial charge is 0.481 e. The van der Waals surface area contributed by atoms with Crippen molar-refractivity contribution in [1.29, 1.82) is 0 Å². The van der Waals surface area contributed by atoms with Gasteiger partial charge >= 0.3 is 5.97 Å². The first-order valence-corrected chi connectivity index (χ1v) is 11.3. The monoisotopic (exact) mass is 446 g/mol. The highest BCUT2D eigenvalue weighted by Gasteiger charge is 2.33. The first kappa shape index (κ1) is 21.5. The number of benzene rings is 2. The molecule has 30 heavy (non-hydrogen) atoms. The van der Waals surface area contributed by atoms with Crippen LogP contribution in [0.1, 0.15) is 41.0 Å². The van der Waals surface area contributed by atoms with Crippen molar-refractivity contribution in [2.45, 2.75) is 39.2 Å². The predicted molar refractivity (Wildman–Crippen MR) is 123 cm³/mol. The first-order chi connectivity index (χ1) is 14.3. The summed E-state index contributed by atoms with van der Waals surface area (Å²) < 4.78 is 0. The second-order valence-corrected chi connectivity index (χ2v) is 9.52. The van der Waals surface area contributed by atoms with Gasteiger partial charge in [-0.3, -0.25) is 9.69 Å². The molecule has 4 nitrogen and oxygen atoms in total. The summed E-state index contributed by atoms with van der Waals surface area (Å²) in [6.07, 6.45) is 1.48. The standard InChI is InChI=1S/C24H28Cl2N2O2/c1-15-10-17(12-27-8-6-18(7-9-27)24(29)30)11-16(2)23(15)28-13-19(14-28)22-20(25)4-3-5-21(22)26/h3-5,10-11,18-19H,6-9,12-14H2,1-2H3,(H,29,30). The van der Waals surface area contributed by atoms with Gasteiger partial charge in [-0.2, -0.15) is 0 Å². The molecule has 0 saturated carbocycles. The van der Waals surface area contributed by atoms with Gasteiger partial charge < -0.3 is 10.0 Å². The van der Waals surface area contributed by atoms with Gasteiger partial charge in [0.2, 0.25) is 0 Å². The van der Waals surface area contributed by atoms with Gasteiger partial charge in [0.25, 0.3) is 0 Å². The lowest BCUT2D eigenvalue weighted by atomic mass is 9.89. The van der Waals surface area contributed by atoms with E-state index in [1.807, 2.05) is 18.2 Å². The van der Waals surface area contributed by atoms with Crippen molar-refractivity contribution in [3.8, 4) is 0 Å². The molecular weight excluding hydrogens is 419 g/mol. The van der Waals surface area contributed by atoms with Crippen LogP contribution < -0.4 is 4.90 Å². The summed E-state index contributed by atoms with van der Waals surface area (Å²) >= 11 is 12.8. The maximum atomic E-state index is 11.2. The van der Waals surface area contributed by atoms with Crippen LogP contribution in [0.15, 0.2) is 30.3 Å². The zero-order valence-corrected chi connectivity index (χ0v) is 19.0. The average molecular weight is 447 g/mol. The van der Waals surface area contributed by atoms with E-state index in [1.54, 1.807) is 0 Å². The van der Waals surface area contributed by atoms with Gasteiger partial charge in [0.1, 0.15) is 0 Å². The van der Waals surface area contributed by atoms with Gasteiger partial charge in [-0.1, -0.05) is 41.4 Å². The molecule has 2 aromatic rings. The number of rotatable bonds is 5. The smallest absolute Gasteiger partial charge is 0.306 e. The summed E-state index contributed by atoms with van der Waals surface area (Å²) in [5.41, 5.74) is 6.24. The zero-order valence-electron chi connectivity index (χ0n) is 17.5. The van der Waals surface area contributed by atoms with E-state index in [0.29, 0.717) is 5.92 Å². The number of nitrogens with zero attached hydrogens (tertiary/aromatic N) is 2. The van der Waals surface area contributed by atoms with Crippen LogP contribution in [0.4, 0.5) is 5.69 Å². The normalized spacial score (nSPS) is 18.5. The van der Waals surface area contributed by atoms with E-state index in [0.717, 1.165) is 61.2 Å². The Morgan fingerprint density at radius 1 is 1.07 bits per heavy atom. The van der Waals surface area contributed by atoms with E-state index in [9.17, 15) is 9.90 Å². The molecule has 2 aliphatic heterocycles. The number of carboxylic acid groups (broad SMARTS) is 1. The van der Waals surface area contributed by atoms with E-state index in [-0.39, 0.29) is 5.92 Å². The van der Waals surface area contributed by atoms with Crippen LogP contribution in [0.25, 0.3) is 0 Å². The number of aliphatic carboxylic acids is 1. The Labute approximate surface area is 188 Å². The van der Waals surface area contributed by atoms with Crippen molar-refractivity contribution in [3.05, 3.63) is 62.6 Å². The predicted octanol–water partition coefficient (Wildman–Crippen LogP) is 5.51. The number of halogens is 2. The van der Waals surface area contributed by atoms with Gasteiger partial charge in [0.15, 0.2) is 0 Å². The van der Waals surface area contributed by atoms with Gasteiger partial charge in [0, 0.05) is 41.3 Å². The Bertz CT molecular complexity index is 905. The van der Waals surface area contributed by atoms with Gasteiger partial charge in [-0.25, -0.2) is 0 Å². The minimum absolute atomic E-state index is 0.182. The first-order valence-electron chi connectivity index (χ1n) is 10.6. The van der Waals surface area contributed by atoms with E-state index in [2.05, 4.69) is 35.8 Å². The van der Waals surface area contributed by atoms with Crippen LogP contribution in [0.2, 0.25) is 10.0 Å². The highest BCUT2D eigenvalue weighted by atomic mass is 35.5. The van der Waals surface area contributed by atoms with Crippen molar-refractivity contribution in [3.63, 3.8) is 0 Å². The summed E-state index contributed by atoms with van der Waals surface area (Å²) in [7, 11) is 0. The summed E-state index contributed by atoms with van der Waals surface area (Å²) in [4.78, 5) is 15.9. The van der Waals surface area contributed by atoms with Crippen molar-refractivity contribution >= 4 is 34.9 Å². The number of hydrogen-bond acceptors (Lipinski definition) is 3.